The Morgan fingerprint density at radius 1 is 0.838 bits per heavy atom. The number of methoxy groups -OCH3 is 1. The average Bonchev–Trinajstić information content (AvgIpc) is 3.48. The van der Waals surface area contributed by atoms with E-state index in [2.05, 4.69) is 41.5 Å². The Kier molecular flexibility index (Phi) is 5.81. The molecule has 0 unspecified atom stereocenters. The van der Waals surface area contributed by atoms with Gasteiger partial charge in [0.1, 0.15) is 17.3 Å². The number of amides is 2. The predicted octanol–water partition coefficient (Wildman–Crippen LogP) is 6.13. The average molecular weight is 490 g/mol. The van der Waals surface area contributed by atoms with Crippen LogP contribution in [0.2, 0.25) is 0 Å². The van der Waals surface area contributed by atoms with Crippen LogP contribution in [0.1, 0.15) is 28.9 Å². The topological polar surface area (TPSA) is 63.5 Å². The van der Waals surface area contributed by atoms with Crippen LogP contribution in [-0.4, -0.2) is 33.0 Å². The molecule has 37 heavy (non-hydrogen) atoms. The van der Waals surface area contributed by atoms with Crippen molar-refractivity contribution in [3.8, 4) is 5.75 Å². The third-order valence-corrected chi connectivity index (χ3v) is 6.92. The molecule has 0 spiro atoms. The van der Waals surface area contributed by atoms with Crippen molar-refractivity contribution < 1.29 is 9.53 Å². The maximum absolute atomic E-state index is 14.3. The second-order valence-electron chi connectivity index (χ2n) is 9.26. The lowest BCUT2D eigenvalue weighted by atomic mass is 10.0. The normalized spacial score (nSPS) is 17.5. The maximum atomic E-state index is 14.3. The van der Waals surface area contributed by atoms with Crippen molar-refractivity contribution in [2.45, 2.75) is 25.7 Å². The first-order valence-corrected chi connectivity index (χ1v) is 12.3. The van der Waals surface area contributed by atoms with Gasteiger partial charge in [0.2, 0.25) is 0 Å². The number of aryl methyl sites for hydroxylation is 1. The van der Waals surface area contributed by atoms with Crippen LogP contribution >= 0.6 is 0 Å². The fraction of sp³-hybridized carbons (Fsp3) is 0.167. The molecule has 0 saturated carbocycles. The molecule has 1 aliphatic heterocycles. The van der Waals surface area contributed by atoms with E-state index in [0.29, 0.717) is 6.54 Å². The molecule has 184 valence electrons. The van der Waals surface area contributed by atoms with E-state index in [9.17, 15) is 4.79 Å². The molecule has 2 atom stereocenters. The molecule has 7 heteroatoms. The van der Waals surface area contributed by atoms with Crippen LogP contribution in [0.3, 0.4) is 0 Å². The Balaban J connectivity index is 1.56. The number of hydrogen-bond donors (Lipinski definition) is 0. The van der Waals surface area contributed by atoms with Gasteiger partial charge in [0.15, 0.2) is 6.17 Å². The Morgan fingerprint density at radius 3 is 2.27 bits per heavy atom. The number of urea groups is 1. The van der Waals surface area contributed by atoms with E-state index in [0.717, 1.165) is 39.2 Å². The summed E-state index contributed by atoms with van der Waals surface area (Å²) in [7, 11) is 1.64. The Morgan fingerprint density at radius 2 is 1.54 bits per heavy atom. The lowest BCUT2D eigenvalue weighted by Gasteiger charge is -2.29. The van der Waals surface area contributed by atoms with E-state index >= 15 is 0 Å². The van der Waals surface area contributed by atoms with Crippen LogP contribution in [0.15, 0.2) is 103 Å². The summed E-state index contributed by atoms with van der Waals surface area (Å²) in [6.45, 7) is 2.50. The van der Waals surface area contributed by atoms with E-state index < -0.39 is 6.17 Å². The molecule has 2 amide bonds. The molecule has 2 heterocycles. The Bertz CT molecular complexity index is 1530. The molecule has 5 aromatic rings. The molecule has 0 bridgehead atoms. The number of ether oxygens (including phenoxy) is 1. The monoisotopic (exact) mass is 489 g/mol. The number of para-hydroxylation sites is 1. The minimum absolute atomic E-state index is 0.0934. The summed E-state index contributed by atoms with van der Waals surface area (Å²) in [5.74, 6) is 0.738. The summed E-state index contributed by atoms with van der Waals surface area (Å²) < 4.78 is 7.27. The van der Waals surface area contributed by atoms with Crippen LogP contribution in [-0.2, 0) is 6.54 Å². The first kappa shape index (κ1) is 22.8. The summed E-state index contributed by atoms with van der Waals surface area (Å²) in [4.78, 5) is 18.1. The standard InChI is InChI=1S/C30H27N5O2/c1-21-12-14-23(15-13-21)28-29(35-27-11-7-6-10-26(27)31-32-35)33(20-22-8-4-3-5-9-22)30(36)34(28)24-16-18-25(37-2)19-17-24/h3-19,28-29H,20H2,1-2H3/t28-,29-/m0/s1. The number of aromatic nitrogens is 3. The van der Waals surface area contributed by atoms with Crippen molar-refractivity contribution in [2.75, 3.05) is 12.0 Å². The fourth-order valence-corrected chi connectivity index (χ4v) is 5.06. The molecule has 1 aromatic heterocycles. The summed E-state index contributed by atoms with van der Waals surface area (Å²) in [6, 6.07) is 33.5. The van der Waals surface area contributed by atoms with Gasteiger partial charge in [0.05, 0.1) is 12.6 Å². The van der Waals surface area contributed by atoms with E-state index in [1.165, 1.54) is 0 Å². The SMILES string of the molecule is COc1ccc(N2C(=O)N(Cc3ccccc3)[C@@H](n3nnc4ccccc43)[C@@H]2c2ccc(C)cc2)cc1. The molecule has 0 N–H and O–H groups in total. The highest BCUT2D eigenvalue weighted by molar-refractivity contribution is 5.96. The van der Waals surface area contributed by atoms with Crippen molar-refractivity contribution in [2.24, 2.45) is 0 Å². The molecular weight excluding hydrogens is 462 g/mol. The van der Waals surface area contributed by atoms with Gasteiger partial charge in [-0.2, -0.15) is 0 Å². The number of hydrogen-bond acceptors (Lipinski definition) is 4. The zero-order chi connectivity index (χ0) is 25.4. The fourth-order valence-electron chi connectivity index (χ4n) is 5.06. The second kappa shape index (κ2) is 9.43. The van der Waals surface area contributed by atoms with Crippen LogP contribution in [0, 0.1) is 6.92 Å². The van der Waals surface area contributed by atoms with E-state index in [-0.39, 0.29) is 12.1 Å². The molecule has 1 saturated heterocycles. The minimum atomic E-state index is -0.426. The molecule has 7 nitrogen and oxygen atoms in total. The van der Waals surface area contributed by atoms with Crippen molar-refractivity contribution in [3.63, 3.8) is 0 Å². The largest absolute Gasteiger partial charge is 0.497 e. The lowest BCUT2D eigenvalue weighted by Crippen LogP contribution is -2.33. The highest BCUT2D eigenvalue weighted by Crippen LogP contribution is 2.46. The first-order chi connectivity index (χ1) is 18.1. The molecule has 1 aliphatic rings. The molecule has 0 radical (unpaired) electrons. The summed E-state index contributed by atoms with van der Waals surface area (Å²) in [6.07, 6.45) is -0.426. The minimum Gasteiger partial charge on any atom is -0.497 e. The summed E-state index contributed by atoms with van der Waals surface area (Å²) >= 11 is 0. The van der Waals surface area contributed by atoms with Gasteiger partial charge in [-0.1, -0.05) is 77.5 Å². The quantitative estimate of drug-likeness (QED) is 0.288. The van der Waals surface area contributed by atoms with Gasteiger partial charge >= 0.3 is 6.03 Å². The zero-order valence-electron chi connectivity index (χ0n) is 20.7. The maximum Gasteiger partial charge on any atom is 0.327 e. The number of anilines is 1. The lowest BCUT2D eigenvalue weighted by molar-refractivity contribution is 0.164. The predicted molar refractivity (Wildman–Crippen MR) is 143 cm³/mol. The van der Waals surface area contributed by atoms with Gasteiger partial charge in [-0.25, -0.2) is 9.48 Å². The highest BCUT2D eigenvalue weighted by Gasteiger charge is 2.49. The third-order valence-electron chi connectivity index (χ3n) is 6.92. The summed E-state index contributed by atoms with van der Waals surface area (Å²) in [5.41, 5.74) is 5.70. The number of carbonyl (C=O) groups is 1. The second-order valence-corrected chi connectivity index (χ2v) is 9.26. The Labute approximate surface area is 215 Å². The smallest absolute Gasteiger partial charge is 0.327 e. The van der Waals surface area contributed by atoms with E-state index in [1.807, 2.05) is 93.3 Å². The van der Waals surface area contributed by atoms with Crippen LogP contribution in [0.5, 0.6) is 5.75 Å². The van der Waals surface area contributed by atoms with Crippen LogP contribution < -0.4 is 9.64 Å². The van der Waals surface area contributed by atoms with Crippen molar-refractivity contribution in [1.82, 2.24) is 19.9 Å². The van der Waals surface area contributed by atoms with Gasteiger partial charge in [-0.15, -0.1) is 5.10 Å². The first-order valence-electron chi connectivity index (χ1n) is 12.3. The molecule has 4 aromatic carbocycles. The van der Waals surface area contributed by atoms with Crippen LogP contribution in [0.4, 0.5) is 10.5 Å². The number of carbonyl (C=O) groups excluding carboxylic acids is 1. The number of fused-ring (bicyclic) bond motifs is 1. The molecule has 0 aliphatic carbocycles. The van der Waals surface area contributed by atoms with Gasteiger partial charge in [0, 0.05) is 12.2 Å². The number of benzene rings is 4. The Hall–Kier alpha value is -4.65. The van der Waals surface area contributed by atoms with Crippen LogP contribution in [0.25, 0.3) is 11.0 Å². The van der Waals surface area contributed by atoms with Gasteiger partial charge in [0.25, 0.3) is 0 Å². The van der Waals surface area contributed by atoms with Gasteiger partial charge in [-0.3, -0.25) is 9.80 Å². The van der Waals surface area contributed by atoms with Crippen molar-refractivity contribution in [1.29, 1.82) is 0 Å². The van der Waals surface area contributed by atoms with E-state index in [1.54, 1.807) is 7.11 Å². The van der Waals surface area contributed by atoms with E-state index in [4.69, 9.17) is 4.74 Å². The highest BCUT2D eigenvalue weighted by atomic mass is 16.5. The van der Waals surface area contributed by atoms with Crippen molar-refractivity contribution in [3.05, 3.63) is 120 Å². The number of nitrogens with zero attached hydrogens (tertiary/aromatic N) is 5. The van der Waals surface area contributed by atoms with Gasteiger partial charge < -0.3 is 4.74 Å². The third kappa shape index (κ3) is 4.08. The van der Waals surface area contributed by atoms with Crippen molar-refractivity contribution >= 4 is 22.8 Å². The molecule has 1 fully saturated rings. The molecular formula is C30H27N5O2. The molecule has 6 rings (SSSR count). The summed E-state index contributed by atoms with van der Waals surface area (Å²) in [5, 5.41) is 9.01. The zero-order valence-corrected chi connectivity index (χ0v) is 20.7. The van der Waals surface area contributed by atoms with Gasteiger partial charge in [-0.05, 0) is 54.4 Å². The number of rotatable bonds is 6.